The molecule has 0 spiro atoms. The fourth-order valence-corrected chi connectivity index (χ4v) is 4.38. The summed E-state index contributed by atoms with van der Waals surface area (Å²) in [6, 6.07) is 6.75. The fraction of sp³-hybridized carbons (Fsp3) is 0.476. The van der Waals surface area contributed by atoms with E-state index in [2.05, 4.69) is 10.00 Å². The molecule has 9 heteroatoms. The zero-order chi connectivity index (χ0) is 21.5. The van der Waals surface area contributed by atoms with Crippen LogP contribution in [-0.4, -0.2) is 57.6 Å². The van der Waals surface area contributed by atoms with Gasteiger partial charge >= 0.3 is 12.2 Å². The Morgan fingerprint density at radius 1 is 1.10 bits per heavy atom. The molecular formula is C21H23F3N4O2. The lowest BCUT2D eigenvalue weighted by molar-refractivity contribution is -0.137. The Hall–Kier alpha value is -2.68. The Morgan fingerprint density at radius 3 is 2.43 bits per heavy atom. The van der Waals surface area contributed by atoms with E-state index in [4.69, 9.17) is 0 Å². The summed E-state index contributed by atoms with van der Waals surface area (Å²) in [6.45, 7) is 4.86. The summed E-state index contributed by atoms with van der Waals surface area (Å²) in [7, 11) is 0. The van der Waals surface area contributed by atoms with Crippen molar-refractivity contribution in [3.8, 4) is 0 Å². The van der Waals surface area contributed by atoms with E-state index < -0.39 is 11.7 Å². The molecule has 6 nitrogen and oxygen atoms in total. The van der Waals surface area contributed by atoms with Gasteiger partial charge in [0.25, 0.3) is 0 Å². The van der Waals surface area contributed by atoms with Crippen LogP contribution in [0.4, 0.5) is 18.0 Å². The minimum atomic E-state index is -4.34. The van der Waals surface area contributed by atoms with Gasteiger partial charge in [0.05, 0.1) is 5.56 Å². The molecule has 2 aliphatic rings. The molecule has 0 N–H and O–H groups in total. The Morgan fingerprint density at radius 2 is 1.80 bits per heavy atom. The van der Waals surface area contributed by atoms with Gasteiger partial charge in [-0.1, -0.05) is 25.1 Å². The first kappa shape index (κ1) is 20.6. The van der Waals surface area contributed by atoms with Crippen molar-refractivity contribution < 1.29 is 22.8 Å². The van der Waals surface area contributed by atoms with E-state index in [1.165, 1.54) is 23.0 Å². The Bertz CT molecular complexity index is 942. The average molecular weight is 420 g/mol. The molecule has 4 rings (SSSR count). The Balaban J connectivity index is 1.34. The fourth-order valence-electron chi connectivity index (χ4n) is 4.38. The number of carbonyl (C=O) groups is 2. The molecule has 2 fully saturated rings. The second-order valence-corrected chi connectivity index (χ2v) is 8.02. The van der Waals surface area contributed by atoms with Crippen molar-refractivity contribution in [2.24, 2.45) is 11.8 Å². The minimum Gasteiger partial charge on any atom is -0.322 e. The van der Waals surface area contributed by atoms with Crippen LogP contribution in [-0.2, 0) is 12.7 Å². The monoisotopic (exact) mass is 420 g/mol. The number of carbonyl (C=O) groups excluding carboxylic acids is 2. The lowest BCUT2D eigenvalue weighted by Gasteiger charge is -2.21. The SMILES string of the molecule is CCC(=O)c1ccn(C(=O)N2CC3CN(Cc4cccc(C(F)(F)F)c4)CC3C2)n1. The number of benzene rings is 1. The number of rotatable bonds is 4. The lowest BCUT2D eigenvalue weighted by Crippen LogP contribution is -2.36. The molecule has 2 unspecified atom stereocenters. The van der Waals surface area contributed by atoms with Crippen molar-refractivity contribution in [2.75, 3.05) is 26.2 Å². The topological polar surface area (TPSA) is 58.4 Å². The van der Waals surface area contributed by atoms with Gasteiger partial charge in [-0.2, -0.15) is 23.0 Å². The van der Waals surface area contributed by atoms with Crippen molar-refractivity contribution in [1.29, 1.82) is 0 Å². The number of alkyl halides is 3. The molecule has 0 radical (unpaired) electrons. The van der Waals surface area contributed by atoms with Crippen molar-refractivity contribution in [3.63, 3.8) is 0 Å². The molecule has 160 valence electrons. The first-order chi connectivity index (χ1) is 14.2. The van der Waals surface area contributed by atoms with Crippen LogP contribution < -0.4 is 0 Å². The summed E-state index contributed by atoms with van der Waals surface area (Å²) in [5, 5.41) is 4.09. The second kappa shape index (κ2) is 7.86. The molecule has 2 aliphatic heterocycles. The van der Waals surface area contributed by atoms with E-state index >= 15 is 0 Å². The molecule has 30 heavy (non-hydrogen) atoms. The highest BCUT2D eigenvalue weighted by molar-refractivity contribution is 5.94. The number of amides is 1. The number of fused-ring (bicyclic) bond motifs is 1. The predicted octanol–water partition coefficient (Wildman–Crippen LogP) is 3.53. The molecule has 1 amide bonds. The maximum atomic E-state index is 12.9. The maximum Gasteiger partial charge on any atom is 0.416 e. The number of hydrogen-bond acceptors (Lipinski definition) is 4. The second-order valence-electron chi connectivity index (χ2n) is 8.02. The van der Waals surface area contributed by atoms with Crippen LogP contribution in [0.5, 0.6) is 0 Å². The summed E-state index contributed by atoms with van der Waals surface area (Å²) in [5.74, 6) is 0.462. The summed E-state index contributed by atoms with van der Waals surface area (Å²) in [6.07, 6.45) is -2.49. The third-order valence-corrected chi connectivity index (χ3v) is 5.88. The highest BCUT2D eigenvalue weighted by Gasteiger charge is 2.42. The van der Waals surface area contributed by atoms with Gasteiger partial charge in [0.15, 0.2) is 5.78 Å². The molecule has 2 saturated heterocycles. The molecule has 2 aromatic rings. The number of aromatic nitrogens is 2. The Labute approximate surface area is 172 Å². The number of hydrogen-bond donors (Lipinski definition) is 0. The van der Waals surface area contributed by atoms with Crippen LogP contribution >= 0.6 is 0 Å². The van der Waals surface area contributed by atoms with E-state index in [9.17, 15) is 22.8 Å². The van der Waals surface area contributed by atoms with E-state index in [-0.39, 0.29) is 29.3 Å². The van der Waals surface area contributed by atoms with Crippen LogP contribution in [0.2, 0.25) is 0 Å². The lowest BCUT2D eigenvalue weighted by atomic mass is 10.0. The van der Waals surface area contributed by atoms with E-state index in [1.54, 1.807) is 24.0 Å². The van der Waals surface area contributed by atoms with Gasteiger partial charge < -0.3 is 4.90 Å². The number of Topliss-reactive ketones (excluding diaryl/α,β-unsaturated/α-hetero) is 1. The summed E-state index contributed by atoms with van der Waals surface area (Å²) < 4.78 is 40.0. The Kier molecular flexibility index (Phi) is 5.40. The normalized spacial score (nSPS) is 21.8. The van der Waals surface area contributed by atoms with Crippen LogP contribution in [0, 0.1) is 11.8 Å². The summed E-state index contributed by atoms with van der Waals surface area (Å²) in [4.78, 5) is 28.3. The van der Waals surface area contributed by atoms with E-state index in [1.807, 2.05) is 0 Å². The minimum absolute atomic E-state index is 0.106. The third-order valence-electron chi connectivity index (χ3n) is 5.88. The van der Waals surface area contributed by atoms with Crippen molar-refractivity contribution in [3.05, 3.63) is 53.3 Å². The average Bonchev–Trinajstić information content (AvgIpc) is 3.41. The summed E-state index contributed by atoms with van der Waals surface area (Å²) >= 11 is 0. The number of nitrogens with zero attached hydrogens (tertiary/aromatic N) is 4. The van der Waals surface area contributed by atoms with Crippen molar-refractivity contribution >= 4 is 11.8 Å². The first-order valence-electron chi connectivity index (χ1n) is 10.0. The molecule has 0 saturated carbocycles. The van der Waals surface area contributed by atoms with Crippen LogP contribution in [0.3, 0.4) is 0 Å². The zero-order valence-electron chi connectivity index (χ0n) is 16.6. The maximum absolute atomic E-state index is 12.9. The number of likely N-dealkylation sites (tertiary alicyclic amines) is 2. The van der Waals surface area contributed by atoms with Gasteiger partial charge in [-0.05, 0) is 29.5 Å². The molecule has 3 heterocycles. The highest BCUT2D eigenvalue weighted by Crippen LogP contribution is 2.33. The first-order valence-corrected chi connectivity index (χ1v) is 10.0. The molecular weight excluding hydrogens is 397 g/mol. The number of ketones is 1. The molecule has 2 atom stereocenters. The standard InChI is InChI=1S/C21H23F3N4O2/c1-2-19(29)18-6-7-28(25-18)20(30)27-12-15-10-26(11-16(15)13-27)9-14-4-3-5-17(8-14)21(22,23)24/h3-8,15-16H,2,9-13H2,1H3. The van der Waals surface area contributed by atoms with E-state index in [0.29, 0.717) is 31.6 Å². The van der Waals surface area contributed by atoms with Gasteiger partial charge in [-0.15, -0.1) is 0 Å². The van der Waals surface area contributed by atoms with Crippen LogP contribution in [0.15, 0.2) is 36.5 Å². The number of halogens is 3. The molecule has 0 aliphatic carbocycles. The smallest absolute Gasteiger partial charge is 0.322 e. The third kappa shape index (κ3) is 4.12. The van der Waals surface area contributed by atoms with Crippen molar-refractivity contribution in [2.45, 2.75) is 26.1 Å². The molecule has 0 bridgehead atoms. The van der Waals surface area contributed by atoms with Gasteiger partial charge in [-0.25, -0.2) is 4.79 Å². The highest BCUT2D eigenvalue weighted by atomic mass is 19.4. The van der Waals surface area contributed by atoms with Gasteiger partial charge in [0.2, 0.25) is 0 Å². The summed E-state index contributed by atoms with van der Waals surface area (Å²) in [5.41, 5.74) is 0.302. The largest absolute Gasteiger partial charge is 0.416 e. The van der Waals surface area contributed by atoms with E-state index in [0.717, 1.165) is 19.2 Å². The van der Waals surface area contributed by atoms with Gasteiger partial charge in [0.1, 0.15) is 5.69 Å². The van der Waals surface area contributed by atoms with Crippen LogP contribution in [0.1, 0.15) is 35.0 Å². The van der Waals surface area contributed by atoms with Crippen LogP contribution in [0.25, 0.3) is 0 Å². The quantitative estimate of drug-likeness (QED) is 0.711. The van der Waals surface area contributed by atoms with Crippen molar-refractivity contribution in [1.82, 2.24) is 19.6 Å². The predicted molar refractivity (Wildman–Crippen MR) is 103 cm³/mol. The molecule has 1 aromatic carbocycles. The molecule has 1 aromatic heterocycles. The van der Waals surface area contributed by atoms with Gasteiger partial charge in [0, 0.05) is 45.3 Å². The zero-order valence-corrected chi connectivity index (χ0v) is 16.6. The van der Waals surface area contributed by atoms with Gasteiger partial charge in [-0.3, -0.25) is 9.69 Å².